The van der Waals surface area contributed by atoms with Crippen LogP contribution in [0.3, 0.4) is 0 Å². The molecule has 3 nitrogen and oxygen atoms in total. The van der Waals surface area contributed by atoms with E-state index in [1.807, 2.05) is 0 Å². The molecule has 0 aromatic rings. The summed E-state index contributed by atoms with van der Waals surface area (Å²) in [7, 11) is 0. The summed E-state index contributed by atoms with van der Waals surface area (Å²) in [5.41, 5.74) is 4.17. The Hall–Kier alpha value is -0.570. The summed E-state index contributed by atoms with van der Waals surface area (Å²) in [5.74, 6) is 0. The molecule has 0 heterocycles. The van der Waals surface area contributed by atoms with E-state index in [-0.39, 0.29) is 78.7 Å². The molecule has 0 unspecified atom stereocenters. The second kappa shape index (κ2) is 92.9. The van der Waals surface area contributed by atoms with E-state index < -0.39 is 0 Å². The molecule has 2 saturated carbocycles. The Bertz CT molecular complexity index is 65.3. The van der Waals surface area contributed by atoms with Crippen LogP contribution in [-0.2, 0) is 4.79 Å². The van der Waals surface area contributed by atoms with Crippen molar-refractivity contribution < 1.29 is 10.3 Å². The van der Waals surface area contributed by atoms with Crippen LogP contribution in [-0.4, -0.2) is 11.9 Å². The molecule has 0 aliphatic heterocycles. The van der Waals surface area contributed by atoms with Gasteiger partial charge in [0.15, 0.2) is 0 Å². The first-order valence-corrected chi connectivity index (χ1v) is 4.57. The Labute approximate surface area is 141 Å². The highest BCUT2D eigenvalue weighted by molar-refractivity contribution is 5.42. The number of primary amides is 1. The maximum absolute atomic E-state index is 8.58. The SMILES string of the molecule is C.C.C.C.C.C.C.C.C.C1CCC1.C1CCC1.NC=O.O. The molecule has 0 saturated heterocycles. The van der Waals surface area contributed by atoms with Gasteiger partial charge >= 0.3 is 0 Å². The lowest BCUT2D eigenvalue weighted by Crippen LogP contribution is -1.85. The maximum Gasteiger partial charge on any atom is 0.204 e. The second-order valence-electron chi connectivity index (χ2n) is 2.96. The van der Waals surface area contributed by atoms with E-state index in [4.69, 9.17) is 4.79 Å². The topological polar surface area (TPSA) is 74.6 Å². The van der Waals surface area contributed by atoms with E-state index in [1.54, 1.807) is 0 Å². The van der Waals surface area contributed by atoms with Crippen LogP contribution >= 0.6 is 0 Å². The van der Waals surface area contributed by atoms with Crippen LogP contribution in [0.4, 0.5) is 0 Å². The smallest absolute Gasteiger partial charge is 0.204 e. The largest absolute Gasteiger partial charge is 0.412 e. The Morgan fingerprint density at radius 2 is 0.524 bits per heavy atom. The number of amides is 1. The van der Waals surface area contributed by atoms with Crippen LogP contribution in [0.2, 0.25) is 0 Å². The van der Waals surface area contributed by atoms with Gasteiger partial charge in [0.25, 0.3) is 0 Å². The monoisotopic (exact) mass is 319 g/mol. The van der Waals surface area contributed by atoms with Gasteiger partial charge in [-0.25, -0.2) is 0 Å². The van der Waals surface area contributed by atoms with Gasteiger partial charge in [-0.3, -0.25) is 4.79 Å². The fourth-order valence-electron chi connectivity index (χ4n) is 0.500. The van der Waals surface area contributed by atoms with Crippen molar-refractivity contribution >= 4 is 6.41 Å². The molecule has 2 rings (SSSR count). The van der Waals surface area contributed by atoms with Crippen LogP contribution in [0.15, 0.2) is 0 Å². The van der Waals surface area contributed by atoms with E-state index in [1.165, 1.54) is 51.4 Å². The van der Waals surface area contributed by atoms with E-state index in [0.717, 1.165) is 0 Å². The highest BCUT2D eigenvalue weighted by Crippen LogP contribution is 2.15. The maximum atomic E-state index is 8.58. The summed E-state index contributed by atoms with van der Waals surface area (Å²) in [6.45, 7) is 0. The molecule has 3 heteroatoms. The molecule has 2 aliphatic rings. The summed E-state index contributed by atoms with van der Waals surface area (Å²) in [6.07, 6.45) is 12.2. The van der Waals surface area contributed by atoms with Crippen molar-refractivity contribution in [1.82, 2.24) is 0 Å². The molecule has 0 bridgehead atoms. The highest BCUT2D eigenvalue weighted by Gasteiger charge is 1.95. The lowest BCUT2D eigenvalue weighted by molar-refractivity contribution is -0.106. The first-order chi connectivity index (χ1) is 5.41. The number of carbonyl (C=O) groups is 1. The number of carbonyl (C=O) groups excluding carboxylic acids is 1. The van der Waals surface area contributed by atoms with Gasteiger partial charge in [-0.05, 0) is 0 Å². The zero-order chi connectivity index (χ0) is 8.36. The van der Waals surface area contributed by atoms with Gasteiger partial charge in [-0.2, -0.15) is 0 Å². The Kier molecular flexibility index (Phi) is 384. The zero-order valence-electron chi connectivity index (χ0n) is 7.72. The first kappa shape index (κ1) is 86.7. The van der Waals surface area contributed by atoms with Crippen LogP contribution in [0.25, 0.3) is 0 Å². The van der Waals surface area contributed by atoms with Crippen molar-refractivity contribution in [2.24, 2.45) is 5.73 Å². The standard InChI is InChI=1S/2C4H8.CH3NO.9CH4.H2O/c2*1-2-4-3-1;2-1-3;;;;;;;;;;/h2*1-4H2;1H,(H2,2,3);9*1H4;1H2. The molecule has 0 spiro atoms. The number of hydrogen-bond donors (Lipinski definition) is 1. The van der Waals surface area contributed by atoms with Crippen molar-refractivity contribution in [3.8, 4) is 0 Å². The summed E-state index contributed by atoms with van der Waals surface area (Å²) < 4.78 is 0. The average molecular weight is 320 g/mol. The van der Waals surface area contributed by atoms with E-state index in [0.29, 0.717) is 0 Å². The molecule has 2 aliphatic carbocycles. The summed E-state index contributed by atoms with van der Waals surface area (Å²) >= 11 is 0. The third kappa shape index (κ3) is 107. The normalized spacial score (nSPS) is 9.71. The molecule has 0 aromatic carbocycles. The Morgan fingerprint density at radius 1 is 0.476 bits per heavy atom. The quantitative estimate of drug-likeness (QED) is 0.474. The van der Waals surface area contributed by atoms with Gasteiger partial charge in [0.2, 0.25) is 6.41 Å². The van der Waals surface area contributed by atoms with Crippen molar-refractivity contribution in [1.29, 1.82) is 0 Å². The van der Waals surface area contributed by atoms with Gasteiger partial charge in [-0.1, -0.05) is 118 Å². The van der Waals surface area contributed by atoms with Crippen molar-refractivity contribution in [3.63, 3.8) is 0 Å². The fourth-order valence-corrected chi connectivity index (χ4v) is 0.500. The van der Waals surface area contributed by atoms with Crippen LogP contribution < -0.4 is 5.73 Å². The third-order valence-electron chi connectivity index (χ3n) is 2.00. The number of rotatable bonds is 0. The lowest BCUT2D eigenvalue weighted by atomic mass is 10.0. The number of nitrogens with two attached hydrogens (primary N) is 1. The van der Waals surface area contributed by atoms with E-state index in [2.05, 4.69) is 5.73 Å². The summed E-state index contributed by atoms with van der Waals surface area (Å²) in [4.78, 5) is 8.58. The van der Waals surface area contributed by atoms with Crippen molar-refractivity contribution in [3.05, 3.63) is 0 Å². The van der Waals surface area contributed by atoms with Crippen molar-refractivity contribution in [2.75, 3.05) is 0 Å². The van der Waals surface area contributed by atoms with E-state index >= 15 is 0 Å². The minimum Gasteiger partial charge on any atom is -0.412 e. The van der Waals surface area contributed by atoms with Gasteiger partial charge in [-0.15, -0.1) is 0 Å². The van der Waals surface area contributed by atoms with Crippen molar-refractivity contribution in [2.45, 2.75) is 118 Å². The molecule has 146 valence electrons. The van der Waals surface area contributed by atoms with Gasteiger partial charge in [0.1, 0.15) is 0 Å². The first-order valence-electron chi connectivity index (χ1n) is 4.57. The molecule has 21 heavy (non-hydrogen) atoms. The van der Waals surface area contributed by atoms with Gasteiger partial charge in [0, 0.05) is 0 Å². The average Bonchev–Trinajstić information content (AvgIpc) is 1.52. The highest BCUT2D eigenvalue weighted by atomic mass is 16.1. The summed E-state index contributed by atoms with van der Waals surface area (Å²) in [6, 6.07) is 0. The summed E-state index contributed by atoms with van der Waals surface area (Å²) in [5, 5.41) is 0. The van der Waals surface area contributed by atoms with E-state index in [9.17, 15) is 0 Å². The molecular formula is C18H57NO2. The third-order valence-corrected chi connectivity index (χ3v) is 2.00. The lowest BCUT2D eigenvalue weighted by Gasteiger charge is -2.05. The van der Waals surface area contributed by atoms with Crippen LogP contribution in [0.5, 0.6) is 0 Å². The minimum atomic E-state index is 0. The predicted octanol–water partition coefficient (Wildman–Crippen LogP) is 7.12. The Balaban J connectivity index is -0.00000000646. The second-order valence-corrected chi connectivity index (χ2v) is 2.96. The molecule has 4 N–H and O–H groups in total. The number of hydrogen-bond acceptors (Lipinski definition) is 1. The Morgan fingerprint density at radius 3 is 0.524 bits per heavy atom. The van der Waals surface area contributed by atoms with Gasteiger partial charge in [0.05, 0.1) is 0 Å². The molecule has 2 fully saturated rings. The van der Waals surface area contributed by atoms with Crippen LogP contribution in [0.1, 0.15) is 118 Å². The molecule has 0 aromatic heterocycles. The van der Waals surface area contributed by atoms with Crippen LogP contribution in [0, 0.1) is 0 Å². The molecule has 1 amide bonds. The fraction of sp³-hybridized carbons (Fsp3) is 0.944. The zero-order valence-corrected chi connectivity index (χ0v) is 7.72. The minimum absolute atomic E-state index is 0. The molecular weight excluding hydrogens is 262 g/mol. The van der Waals surface area contributed by atoms with Gasteiger partial charge < -0.3 is 11.2 Å². The molecule has 0 atom stereocenters. The predicted molar refractivity (Wildman–Crippen MR) is 111 cm³/mol. The molecule has 0 radical (unpaired) electrons.